The minimum Gasteiger partial charge on any atom is -0.389 e. The van der Waals surface area contributed by atoms with E-state index in [0.29, 0.717) is 19.5 Å². The van der Waals surface area contributed by atoms with Crippen molar-refractivity contribution in [2.45, 2.75) is 57.2 Å². The minimum absolute atomic E-state index is 0.104. The lowest BCUT2D eigenvalue weighted by molar-refractivity contribution is -0.130. The molecule has 1 aromatic carbocycles. The van der Waals surface area contributed by atoms with Gasteiger partial charge >= 0.3 is 0 Å². The van der Waals surface area contributed by atoms with Crippen molar-refractivity contribution < 1.29 is 14.7 Å². The van der Waals surface area contributed by atoms with Crippen molar-refractivity contribution in [3.8, 4) is 0 Å². The number of carbonyl (C=O) groups excluding carboxylic acids is 2. The molecule has 5 nitrogen and oxygen atoms in total. The number of carbonyl (C=O) groups is 2. The van der Waals surface area contributed by atoms with E-state index < -0.39 is 5.60 Å². The highest BCUT2D eigenvalue weighted by molar-refractivity contribution is 5.78. The number of amides is 2. The summed E-state index contributed by atoms with van der Waals surface area (Å²) in [5.74, 6) is 0.116. The van der Waals surface area contributed by atoms with Gasteiger partial charge in [-0.25, -0.2) is 0 Å². The predicted molar refractivity (Wildman–Crippen MR) is 86.4 cm³/mol. The average molecular weight is 316 g/mol. The van der Waals surface area contributed by atoms with Crippen LogP contribution in [-0.4, -0.2) is 34.0 Å². The number of hydrogen-bond donors (Lipinski definition) is 2. The van der Waals surface area contributed by atoms with Crippen LogP contribution in [0.4, 0.5) is 0 Å². The first kappa shape index (κ1) is 16.0. The molecular weight excluding hydrogens is 292 g/mol. The van der Waals surface area contributed by atoms with E-state index in [1.807, 2.05) is 29.2 Å². The van der Waals surface area contributed by atoms with E-state index in [1.54, 1.807) is 0 Å². The largest absolute Gasteiger partial charge is 0.389 e. The molecule has 2 amide bonds. The molecule has 1 saturated carbocycles. The number of nitrogens with one attached hydrogen (secondary N) is 1. The van der Waals surface area contributed by atoms with Gasteiger partial charge in [0.15, 0.2) is 0 Å². The van der Waals surface area contributed by atoms with Crippen molar-refractivity contribution in [2.75, 3.05) is 6.54 Å². The van der Waals surface area contributed by atoms with Crippen LogP contribution in [0, 0.1) is 0 Å². The third-order valence-electron chi connectivity index (χ3n) is 4.80. The second-order valence-corrected chi connectivity index (χ2v) is 6.77. The predicted octanol–water partition coefficient (Wildman–Crippen LogP) is 1.73. The number of likely N-dealkylation sites (tertiary alicyclic amines) is 1. The lowest BCUT2D eigenvalue weighted by Crippen LogP contribution is -2.42. The smallest absolute Gasteiger partial charge is 0.223 e. The van der Waals surface area contributed by atoms with Crippen LogP contribution in [0.3, 0.4) is 0 Å². The summed E-state index contributed by atoms with van der Waals surface area (Å²) in [6.45, 7) is 1.93. The fraction of sp³-hybridized carbons (Fsp3) is 0.556. The maximum Gasteiger partial charge on any atom is 0.223 e. The quantitative estimate of drug-likeness (QED) is 0.840. The number of hydrogen-bond acceptors (Lipinski definition) is 3. The number of aliphatic hydroxyl groups is 1. The zero-order chi connectivity index (χ0) is 16.3. The molecular formula is C18H24N2O3. The maximum atomic E-state index is 11.9. The second-order valence-electron chi connectivity index (χ2n) is 6.77. The molecule has 1 aliphatic heterocycles. The lowest BCUT2D eigenvalue weighted by atomic mass is 9.78. The normalized spacial score (nSPS) is 19.5. The summed E-state index contributed by atoms with van der Waals surface area (Å²) in [6.07, 6.45) is 4.23. The van der Waals surface area contributed by atoms with Gasteiger partial charge in [-0.1, -0.05) is 24.3 Å². The maximum absolute atomic E-state index is 11.9. The van der Waals surface area contributed by atoms with Crippen LogP contribution in [0.5, 0.6) is 0 Å². The Labute approximate surface area is 136 Å². The lowest BCUT2D eigenvalue weighted by Gasteiger charge is -2.35. The Morgan fingerprint density at radius 2 is 2.04 bits per heavy atom. The third kappa shape index (κ3) is 4.10. The molecule has 3 rings (SSSR count). The molecule has 0 aromatic heterocycles. The van der Waals surface area contributed by atoms with Crippen LogP contribution in [0.2, 0.25) is 0 Å². The van der Waals surface area contributed by atoms with E-state index in [2.05, 4.69) is 5.32 Å². The molecule has 1 heterocycles. The molecule has 0 bridgehead atoms. The molecule has 2 aliphatic rings. The third-order valence-corrected chi connectivity index (χ3v) is 4.80. The van der Waals surface area contributed by atoms with Crippen LogP contribution >= 0.6 is 0 Å². The Bertz CT molecular complexity index is 596. The van der Waals surface area contributed by atoms with Crippen molar-refractivity contribution in [1.82, 2.24) is 10.2 Å². The van der Waals surface area contributed by atoms with E-state index in [1.165, 1.54) is 0 Å². The molecule has 0 spiro atoms. The molecule has 2 N–H and O–H groups in total. The summed E-state index contributed by atoms with van der Waals surface area (Å²) in [5.41, 5.74) is 1.33. The Balaban J connectivity index is 1.51. The van der Waals surface area contributed by atoms with E-state index in [-0.39, 0.29) is 18.2 Å². The molecule has 0 atom stereocenters. The highest BCUT2D eigenvalue weighted by Crippen LogP contribution is 2.34. The molecule has 2 fully saturated rings. The second kappa shape index (κ2) is 6.71. The van der Waals surface area contributed by atoms with Gasteiger partial charge in [0.2, 0.25) is 11.8 Å². The van der Waals surface area contributed by atoms with Gasteiger partial charge in [0, 0.05) is 26.1 Å². The van der Waals surface area contributed by atoms with Crippen molar-refractivity contribution in [1.29, 1.82) is 0 Å². The van der Waals surface area contributed by atoms with Crippen molar-refractivity contribution in [2.24, 2.45) is 0 Å². The van der Waals surface area contributed by atoms with Gasteiger partial charge in [-0.2, -0.15) is 0 Å². The summed E-state index contributed by atoms with van der Waals surface area (Å²) in [7, 11) is 0. The highest BCUT2D eigenvalue weighted by atomic mass is 16.3. The molecule has 5 heteroatoms. The molecule has 124 valence electrons. The van der Waals surface area contributed by atoms with Crippen LogP contribution in [0.1, 0.15) is 49.7 Å². The Hall–Kier alpha value is -1.88. The van der Waals surface area contributed by atoms with Crippen LogP contribution in [0.25, 0.3) is 0 Å². The van der Waals surface area contributed by atoms with E-state index >= 15 is 0 Å². The monoisotopic (exact) mass is 316 g/mol. The number of rotatable bonds is 6. The van der Waals surface area contributed by atoms with Gasteiger partial charge in [0.1, 0.15) is 0 Å². The van der Waals surface area contributed by atoms with Gasteiger partial charge in [-0.15, -0.1) is 0 Å². The standard InChI is InChI=1S/C18H24N2O3/c21-16(11-18(23)7-3-8-18)19-12-14-4-1-5-15(10-14)13-20-9-2-6-17(20)22/h1,4-5,10,23H,2-3,6-9,11-13H2,(H,19,21). The summed E-state index contributed by atoms with van der Waals surface area (Å²) in [4.78, 5) is 25.5. The zero-order valence-corrected chi connectivity index (χ0v) is 13.4. The molecule has 1 aromatic rings. The Morgan fingerprint density at radius 1 is 1.26 bits per heavy atom. The number of nitrogens with zero attached hydrogens (tertiary/aromatic N) is 1. The van der Waals surface area contributed by atoms with E-state index in [4.69, 9.17) is 0 Å². The Kier molecular flexibility index (Phi) is 4.66. The van der Waals surface area contributed by atoms with Gasteiger partial charge < -0.3 is 15.3 Å². The van der Waals surface area contributed by atoms with Gasteiger partial charge in [0.05, 0.1) is 12.0 Å². The topological polar surface area (TPSA) is 69.6 Å². The molecule has 0 radical (unpaired) electrons. The molecule has 1 saturated heterocycles. The van der Waals surface area contributed by atoms with E-state index in [0.717, 1.165) is 43.4 Å². The van der Waals surface area contributed by atoms with E-state index in [9.17, 15) is 14.7 Å². The van der Waals surface area contributed by atoms with Crippen molar-refractivity contribution in [3.63, 3.8) is 0 Å². The van der Waals surface area contributed by atoms with Crippen molar-refractivity contribution in [3.05, 3.63) is 35.4 Å². The summed E-state index contributed by atoms with van der Waals surface area (Å²) in [6, 6.07) is 7.96. The van der Waals surface area contributed by atoms with Gasteiger partial charge in [0.25, 0.3) is 0 Å². The first-order chi connectivity index (χ1) is 11.0. The van der Waals surface area contributed by atoms with Gasteiger partial charge in [-0.05, 0) is 36.8 Å². The van der Waals surface area contributed by atoms with Crippen LogP contribution in [0.15, 0.2) is 24.3 Å². The minimum atomic E-state index is -0.776. The fourth-order valence-electron chi connectivity index (χ4n) is 3.25. The average Bonchev–Trinajstić information content (AvgIpc) is 2.89. The van der Waals surface area contributed by atoms with Crippen molar-refractivity contribution >= 4 is 11.8 Å². The summed E-state index contributed by atoms with van der Waals surface area (Å²) < 4.78 is 0. The molecule has 0 unspecified atom stereocenters. The first-order valence-electron chi connectivity index (χ1n) is 8.39. The summed E-state index contributed by atoms with van der Waals surface area (Å²) in [5, 5.41) is 12.9. The van der Waals surface area contributed by atoms with Crippen LogP contribution < -0.4 is 5.32 Å². The fourth-order valence-corrected chi connectivity index (χ4v) is 3.25. The zero-order valence-electron chi connectivity index (χ0n) is 13.4. The van der Waals surface area contributed by atoms with Crippen LogP contribution in [-0.2, 0) is 22.7 Å². The highest BCUT2D eigenvalue weighted by Gasteiger charge is 2.36. The summed E-state index contributed by atoms with van der Waals surface area (Å²) >= 11 is 0. The Morgan fingerprint density at radius 3 is 2.70 bits per heavy atom. The molecule has 1 aliphatic carbocycles. The first-order valence-corrected chi connectivity index (χ1v) is 8.39. The van der Waals surface area contributed by atoms with Gasteiger partial charge in [-0.3, -0.25) is 9.59 Å². The SMILES string of the molecule is O=C(CC1(O)CCC1)NCc1cccc(CN2CCCC2=O)c1. The number of benzene rings is 1. The molecule has 23 heavy (non-hydrogen) atoms.